The average molecular weight is 252 g/mol. The standard InChI is InChI=1S/C12H12O6/c1-17-9-5-7(12(15)16)6-10(18-2)8(9)3-4-11(13)14/h3-6H,1-2H3,(H,13,14)(H,15,16). The molecule has 0 fully saturated rings. The first-order chi connectivity index (χ1) is 8.49. The van der Waals surface area contributed by atoms with E-state index in [0.717, 1.165) is 6.08 Å². The summed E-state index contributed by atoms with van der Waals surface area (Å²) in [5.74, 6) is -1.80. The molecule has 96 valence electrons. The first kappa shape index (κ1) is 13.6. The summed E-state index contributed by atoms with van der Waals surface area (Å²) in [5.41, 5.74) is 0.364. The van der Waals surface area contributed by atoms with Crippen LogP contribution < -0.4 is 9.47 Å². The van der Waals surface area contributed by atoms with Crippen molar-refractivity contribution in [3.8, 4) is 11.5 Å². The first-order valence-corrected chi connectivity index (χ1v) is 4.90. The van der Waals surface area contributed by atoms with Crippen LogP contribution in [0.15, 0.2) is 18.2 Å². The van der Waals surface area contributed by atoms with Crippen LogP contribution in [-0.2, 0) is 4.79 Å². The van der Waals surface area contributed by atoms with Crippen molar-refractivity contribution in [2.45, 2.75) is 0 Å². The summed E-state index contributed by atoms with van der Waals surface area (Å²) in [7, 11) is 2.72. The summed E-state index contributed by atoms with van der Waals surface area (Å²) >= 11 is 0. The number of hydrogen-bond acceptors (Lipinski definition) is 4. The molecule has 0 saturated heterocycles. The molecule has 0 aliphatic rings. The molecular weight excluding hydrogens is 240 g/mol. The summed E-state index contributed by atoms with van der Waals surface area (Å²) in [5, 5.41) is 17.5. The smallest absolute Gasteiger partial charge is 0.335 e. The summed E-state index contributed by atoms with van der Waals surface area (Å²) in [6, 6.07) is 2.60. The van der Waals surface area contributed by atoms with Crippen molar-refractivity contribution in [3.05, 3.63) is 29.3 Å². The van der Waals surface area contributed by atoms with Crippen LogP contribution in [0.3, 0.4) is 0 Å². The predicted molar refractivity (Wildman–Crippen MR) is 63.2 cm³/mol. The molecule has 1 rings (SSSR count). The Labute approximate surface area is 103 Å². The van der Waals surface area contributed by atoms with Crippen LogP contribution in [0.5, 0.6) is 11.5 Å². The lowest BCUT2D eigenvalue weighted by Crippen LogP contribution is -2.01. The molecule has 0 radical (unpaired) electrons. The second-order valence-electron chi connectivity index (χ2n) is 3.27. The van der Waals surface area contributed by atoms with Gasteiger partial charge >= 0.3 is 11.9 Å². The van der Waals surface area contributed by atoms with Crippen molar-refractivity contribution in [1.82, 2.24) is 0 Å². The largest absolute Gasteiger partial charge is 0.496 e. The topological polar surface area (TPSA) is 93.1 Å². The highest BCUT2D eigenvalue weighted by molar-refractivity contribution is 5.91. The van der Waals surface area contributed by atoms with E-state index in [1.165, 1.54) is 32.4 Å². The summed E-state index contributed by atoms with van der Waals surface area (Å²) in [6.45, 7) is 0. The van der Waals surface area contributed by atoms with Crippen molar-refractivity contribution >= 4 is 18.0 Å². The lowest BCUT2D eigenvalue weighted by Gasteiger charge is -2.11. The highest BCUT2D eigenvalue weighted by Gasteiger charge is 2.14. The van der Waals surface area contributed by atoms with Gasteiger partial charge in [0.15, 0.2) is 0 Å². The summed E-state index contributed by atoms with van der Waals surface area (Å²) < 4.78 is 10.0. The molecule has 0 aliphatic heterocycles. The Morgan fingerprint density at radius 2 is 1.61 bits per heavy atom. The number of rotatable bonds is 5. The number of hydrogen-bond donors (Lipinski definition) is 2. The number of ether oxygens (including phenoxy) is 2. The third-order valence-electron chi connectivity index (χ3n) is 2.18. The van der Waals surface area contributed by atoms with Crippen molar-refractivity contribution in [1.29, 1.82) is 0 Å². The molecule has 0 unspecified atom stereocenters. The number of carbonyl (C=O) groups is 2. The highest BCUT2D eigenvalue weighted by atomic mass is 16.5. The minimum Gasteiger partial charge on any atom is -0.496 e. The van der Waals surface area contributed by atoms with Crippen molar-refractivity contribution < 1.29 is 29.3 Å². The van der Waals surface area contributed by atoms with E-state index in [1.807, 2.05) is 0 Å². The van der Waals surface area contributed by atoms with Crippen LogP contribution in [0.1, 0.15) is 15.9 Å². The zero-order valence-corrected chi connectivity index (χ0v) is 9.84. The van der Waals surface area contributed by atoms with E-state index in [0.29, 0.717) is 5.56 Å². The molecule has 2 N–H and O–H groups in total. The Balaban J connectivity index is 3.38. The number of aliphatic carboxylic acids is 1. The maximum atomic E-state index is 10.9. The van der Waals surface area contributed by atoms with Crippen LogP contribution in [0.25, 0.3) is 6.08 Å². The molecule has 18 heavy (non-hydrogen) atoms. The van der Waals surface area contributed by atoms with Crippen molar-refractivity contribution in [3.63, 3.8) is 0 Å². The van der Waals surface area contributed by atoms with Gasteiger partial charge in [-0.25, -0.2) is 9.59 Å². The Kier molecular flexibility index (Phi) is 4.31. The first-order valence-electron chi connectivity index (χ1n) is 4.90. The summed E-state index contributed by atoms with van der Waals surface area (Å²) in [4.78, 5) is 21.4. The van der Waals surface area contributed by atoms with Crippen molar-refractivity contribution in [2.75, 3.05) is 14.2 Å². The second-order valence-corrected chi connectivity index (χ2v) is 3.27. The predicted octanol–water partition coefficient (Wildman–Crippen LogP) is 1.50. The van der Waals surface area contributed by atoms with Gasteiger partial charge in [0, 0.05) is 6.08 Å². The highest BCUT2D eigenvalue weighted by Crippen LogP contribution is 2.31. The van der Waals surface area contributed by atoms with E-state index in [2.05, 4.69) is 0 Å². The molecule has 1 aromatic rings. The molecule has 0 bridgehead atoms. The lowest BCUT2D eigenvalue weighted by atomic mass is 10.1. The number of benzene rings is 1. The van der Waals surface area contributed by atoms with E-state index in [-0.39, 0.29) is 17.1 Å². The maximum Gasteiger partial charge on any atom is 0.335 e. The van der Waals surface area contributed by atoms with E-state index in [1.54, 1.807) is 0 Å². The summed E-state index contributed by atoms with van der Waals surface area (Å²) in [6.07, 6.45) is 2.20. The third kappa shape index (κ3) is 3.00. The van der Waals surface area contributed by atoms with Gasteiger partial charge in [-0.3, -0.25) is 0 Å². The van der Waals surface area contributed by atoms with E-state index in [4.69, 9.17) is 19.7 Å². The Hall–Kier alpha value is -2.50. The molecule has 6 heteroatoms. The number of carboxylic acid groups (broad SMARTS) is 2. The zero-order valence-electron chi connectivity index (χ0n) is 9.84. The van der Waals surface area contributed by atoms with Gasteiger partial charge < -0.3 is 19.7 Å². The van der Waals surface area contributed by atoms with Crippen LogP contribution in [0.2, 0.25) is 0 Å². The molecule has 6 nitrogen and oxygen atoms in total. The van der Waals surface area contributed by atoms with Gasteiger partial charge in [0.2, 0.25) is 0 Å². The minimum atomic E-state index is -1.12. The fourth-order valence-electron chi connectivity index (χ4n) is 1.38. The third-order valence-corrected chi connectivity index (χ3v) is 2.18. The SMILES string of the molecule is COc1cc(C(=O)O)cc(OC)c1C=CC(=O)O. The van der Waals surface area contributed by atoms with Crippen LogP contribution in [0.4, 0.5) is 0 Å². The van der Waals surface area contributed by atoms with Gasteiger partial charge in [0.1, 0.15) is 11.5 Å². The lowest BCUT2D eigenvalue weighted by molar-refractivity contribution is -0.131. The van der Waals surface area contributed by atoms with Crippen LogP contribution >= 0.6 is 0 Å². The van der Waals surface area contributed by atoms with Gasteiger partial charge in [-0.2, -0.15) is 0 Å². The molecule has 0 heterocycles. The average Bonchev–Trinajstić information content (AvgIpc) is 2.34. The monoisotopic (exact) mass is 252 g/mol. The van der Waals surface area contributed by atoms with Crippen LogP contribution in [0, 0.1) is 0 Å². The Morgan fingerprint density at radius 1 is 1.11 bits per heavy atom. The zero-order chi connectivity index (χ0) is 13.7. The van der Waals surface area contributed by atoms with E-state index < -0.39 is 11.9 Å². The molecule has 0 aliphatic carbocycles. The number of aromatic carboxylic acids is 1. The fraction of sp³-hybridized carbons (Fsp3) is 0.167. The molecule has 0 saturated carbocycles. The van der Waals surface area contributed by atoms with Gasteiger partial charge in [-0.15, -0.1) is 0 Å². The molecular formula is C12H12O6. The van der Waals surface area contributed by atoms with Crippen molar-refractivity contribution in [2.24, 2.45) is 0 Å². The molecule has 0 aromatic heterocycles. The molecule has 0 spiro atoms. The van der Waals surface area contributed by atoms with Gasteiger partial charge in [-0.05, 0) is 18.2 Å². The maximum absolute atomic E-state index is 10.9. The van der Waals surface area contributed by atoms with E-state index >= 15 is 0 Å². The minimum absolute atomic E-state index is 0.00354. The molecule has 0 atom stereocenters. The van der Waals surface area contributed by atoms with Gasteiger partial charge in [0.05, 0.1) is 25.3 Å². The number of carboxylic acids is 2. The van der Waals surface area contributed by atoms with E-state index in [9.17, 15) is 9.59 Å². The number of methoxy groups -OCH3 is 2. The fourth-order valence-corrected chi connectivity index (χ4v) is 1.38. The van der Waals surface area contributed by atoms with Crippen LogP contribution in [-0.4, -0.2) is 36.4 Å². The molecule has 0 amide bonds. The molecule has 1 aromatic carbocycles. The Morgan fingerprint density at radius 3 is 1.94 bits per heavy atom. The van der Waals surface area contributed by atoms with Gasteiger partial charge in [-0.1, -0.05) is 0 Å². The quantitative estimate of drug-likeness (QED) is 0.771. The second kappa shape index (κ2) is 5.72. The normalized spacial score (nSPS) is 10.3. The van der Waals surface area contributed by atoms with Gasteiger partial charge in [0.25, 0.3) is 0 Å². The Bertz CT molecular complexity index is 478.